The van der Waals surface area contributed by atoms with Gasteiger partial charge in [0, 0.05) is 26.2 Å². The van der Waals surface area contributed by atoms with Gasteiger partial charge in [-0.1, -0.05) is 11.2 Å². The fourth-order valence-corrected chi connectivity index (χ4v) is 2.47. The number of benzene rings is 1. The zero-order valence-corrected chi connectivity index (χ0v) is 12.4. The molecule has 2 heterocycles. The summed E-state index contributed by atoms with van der Waals surface area (Å²) in [5, 5.41) is 7.41. The lowest BCUT2D eigenvalue weighted by Crippen LogP contribution is -2.42. The summed E-state index contributed by atoms with van der Waals surface area (Å²) in [5.74, 6) is 2.00. The second kappa shape index (κ2) is 6.24. The number of aromatic nitrogens is 2. The minimum Gasteiger partial charge on any atom is -0.496 e. The molecule has 2 aromatic rings. The van der Waals surface area contributed by atoms with Crippen LogP contribution in [-0.4, -0.2) is 48.3 Å². The summed E-state index contributed by atoms with van der Waals surface area (Å²) in [7, 11) is 1.65. The molecular weight excluding hydrogens is 268 g/mol. The van der Waals surface area contributed by atoms with Crippen molar-refractivity contribution in [1.29, 1.82) is 0 Å². The van der Waals surface area contributed by atoms with Crippen LogP contribution in [0.4, 0.5) is 0 Å². The zero-order chi connectivity index (χ0) is 14.7. The smallest absolute Gasteiger partial charge is 0.241 e. The summed E-state index contributed by atoms with van der Waals surface area (Å²) < 4.78 is 10.8. The molecule has 0 unspecified atom stereocenters. The van der Waals surface area contributed by atoms with Gasteiger partial charge in [0.25, 0.3) is 0 Å². The lowest BCUT2D eigenvalue weighted by molar-refractivity contribution is 0.203. The third-order valence-electron chi connectivity index (χ3n) is 3.63. The molecule has 0 amide bonds. The first-order valence-corrected chi connectivity index (χ1v) is 7.17. The van der Waals surface area contributed by atoms with Crippen molar-refractivity contribution in [3.05, 3.63) is 29.7 Å². The predicted octanol–water partition coefficient (Wildman–Crippen LogP) is 1.46. The highest BCUT2D eigenvalue weighted by Gasteiger charge is 2.17. The molecule has 0 saturated carbocycles. The molecule has 1 aromatic heterocycles. The van der Waals surface area contributed by atoms with Crippen LogP contribution in [0.1, 0.15) is 11.5 Å². The van der Waals surface area contributed by atoms with E-state index in [1.807, 2.05) is 25.1 Å². The number of aryl methyl sites for hydroxylation is 1. The molecule has 1 N–H and O–H groups in total. The molecule has 1 aliphatic heterocycles. The zero-order valence-electron chi connectivity index (χ0n) is 12.4. The van der Waals surface area contributed by atoms with Crippen molar-refractivity contribution in [3.63, 3.8) is 0 Å². The largest absolute Gasteiger partial charge is 0.496 e. The van der Waals surface area contributed by atoms with Gasteiger partial charge in [0.1, 0.15) is 5.75 Å². The Balaban J connectivity index is 1.78. The molecule has 21 heavy (non-hydrogen) atoms. The van der Waals surface area contributed by atoms with E-state index in [1.54, 1.807) is 7.11 Å². The number of nitrogens with one attached hydrogen (secondary N) is 1. The van der Waals surface area contributed by atoms with Crippen LogP contribution >= 0.6 is 0 Å². The second-order valence-corrected chi connectivity index (χ2v) is 5.24. The van der Waals surface area contributed by atoms with Gasteiger partial charge < -0.3 is 14.6 Å². The van der Waals surface area contributed by atoms with E-state index < -0.39 is 0 Å². The Hall–Kier alpha value is -1.92. The molecule has 0 spiro atoms. The molecule has 3 rings (SSSR count). The van der Waals surface area contributed by atoms with Gasteiger partial charge in [-0.2, -0.15) is 4.98 Å². The SMILES string of the molecule is COc1cc(C)ccc1-c1noc(CN2CCNCC2)n1. The quantitative estimate of drug-likeness (QED) is 0.919. The standard InChI is InChI=1S/C15H20N4O2/c1-11-3-4-12(13(9-11)20-2)15-17-14(21-18-15)10-19-7-5-16-6-8-19/h3-4,9,16H,5-8,10H2,1-2H3. The Morgan fingerprint density at radius 1 is 1.33 bits per heavy atom. The number of hydrogen-bond donors (Lipinski definition) is 1. The van der Waals surface area contributed by atoms with E-state index in [0.717, 1.165) is 43.1 Å². The lowest BCUT2D eigenvalue weighted by atomic mass is 10.1. The highest BCUT2D eigenvalue weighted by atomic mass is 16.5. The molecule has 6 heteroatoms. The van der Waals surface area contributed by atoms with Gasteiger partial charge in [-0.25, -0.2) is 0 Å². The van der Waals surface area contributed by atoms with Crippen LogP contribution in [-0.2, 0) is 6.54 Å². The van der Waals surface area contributed by atoms with Crippen LogP contribution in [0.3, 0.4) is 0 Å². The summed E-state index contributed by atoms with van der Waals surface area (Å²) >= 11 is 0. The van der Waals surface area contributed by atoms with Crippen LogP contribution in [0.5, 0.6) is 5.75 Å². The van der Waals surface area contributed by atoms with Crippen molar-refractivity contribution in [3.8, 4) is 17.1 Å². The van der Waals surface area contributed by atoms with Crippen molar-refractivity contribution in [2.45, 2.75) is 13.5 Å². The minimum atomic E-state index is 0.581. The number of methoxy groups -OCH3 is 1. The Morgan fingerprint density at radius 2 is 2.14 bits per heavy atom. The first-order chi connectivity index (χ1) is 10.3. The molecule has 1 aromatic carbocycles. The van der Waals surface area contributed by atoms with Crippen molar-refractivity contribution < 1.29 is 9.26 Å². The van der Waals surface area contributed by atoms with E-state index in [0.29, 0.717) is 18.3 Å². The van der Waals surface area contributed by atoms with E-state index in [1.165, 1.54) is 0 Å². The fourth-order valence-electron chi connectivity index (χ4n) is 2.47. The maximum absolute atomic E-state index is 5.40. The van der Waals surface area contributed by atoms with E-state index in [2.05, 4.69) is 20.4 Å². The van der Waals surface area contributed by atoms with Gasteiger partial charge in [-0.15, -0.1) is 0 Å². The monoisotopic (exact) mass is 288 g/mol. The van der Waals surface area contributed by atoms with Crippen molar-refractivity contribution in [2.24, 2.45) is 0 Å². The van der Waals surface area contributed by atoms with E-state index >= 15 is 0 Å². The molecule has 1 aliphatic rings. The molecule has 112 valence electrons. The predicted molar refractivity (Wildman–Crippen MR) is 79.2 cm³/mol. The molecule has 1 fully saturated rings. The van der Waals surface area contributed by atoms with E-state index in [4.69, 9.17) is 9.26 Å². The molecule has 0 bridgehead atoms. The number of piperazine rings is 1. The Labute approximate surface area is 124 Å². The van der Waals surface area contributed by atoms with Gasteiger partial charge in [0.05, 0.1) is 19.2 Å². The lowest BCUT2D eigenvalue weighted by Gasteiger charge is -2.25. The van der Waals surface area contributed by atoms with Gasteiger partial charge in [0.2, 0.25) is 11.7 Å². The maximum Gasteiger partial charge on any atom is 0.241 e. The molecule has 1 saturated heterocycles. The highest BCUT2D eigenvalue weighted by molar-refractivity contribution is 5.64. The summed E-state index contributed by atoms with van der Waals surface area (Å²) in [4.78, 5) is 6.80. The average Bonchev–Trinajstić information content (AvgIpc) is 2.96. The maximum atomic E-state index is 5.40. The normalized spacial score (nSPS) is 16.1. The molecule has 0 aliphatic carbocycles. The summed E-state index contributed by atoms with van der Waals surface area (Å²) in [6.45, 7) is 6.75. The third-order valence-corrected chi connectivity index (χ3v) is 3.63. The van der Waals surface area contributed by atoms with E-state index in [-0.39, 0.29) is 0 Å². The van der Waals surface area contributed by atoms with Gasteiger partial charge in [-0.05, 0) is 24.6 Å². The first kappa shape index (κ1) is 14.0. The van der Waals surface area contributed by atoms with Crippen LogP contribution < -0.4 is 10.1 Å². The Kier molecular flexibility index (Phi) is 4.17. The second-order valence-electron chi connectivity index (χ2n) is 5.24. The fraction of sp³-hybridized carbons (Fsp3) is 0.467. The average molecular weight is 288 g/mol. The van der Waals surface area contributed by atoms with Crippen LogP contribution in [0.25, 0.3) is 11.4 Å². The molecule has 6 nitrogen and oxygen atoms in total. The van der Waals surface area contributed by atoms with Crippen LogP contribution in [0.2, 0.25) is 0 Å². The number of nitrogens with zero attached hydrogens (tertiary/aromatic N) is 3. The summed E-state index contributed by atoms with van der Waals surface area (Å²) in [6.07, 6.45) is 0. The molecule has 0 radical (unpaired) electrons. The Bertz CT molecular complexity index is 605. The van der Waals surface area contributed by atoms with E-state index in [9.17, 15) is 0 Å². The highest BCUT2D eigenvalue weighted by Crippen LogP contribution is 2.28. The van der Waals surface area contributed by atoms with Gasteiger partial charge >= 0.3 is 0 Å². The molecular formula is C15H20N4O2. The number of ether oxygens (including phenoxy) is 1. The van der Waals surface area contributed by atoms with Crippen LogP contribution in [0.15, 0.2) is 22.7 Å². The number of rotatable bonds is 4. The van der Waals surface area contributed by atoms with Gasteiger partial charge in [-0.3, -0.25) is 4.90 Å². The van der Waals surface area contributed by atoms with Crippen LogP contribution in [0, 0.1) is 6.92 Å². The third kappa shape index (κ3) is 3.22. The Morgan fingerprint density at radius 3 is 2.90 bits per heavy atom. The summed E-state index contributed by atoms with van der Waals surface area (Å²) in [5.41, 5.74) is 2.00. The molecule has 0 atom stereocenters. The first-order valence-electron chi connectivity index (χ1n) is 7.17. The summed E-state index contributed by atoms with van der Waals surface area (Å²) in [6, 6.07) is 5.96. The minimum absolute atomic E-state index is 0.581. The van der Waals surface area contributed by atoms with Crippen molar-refractivity contribution >= 4 is 0 Å². The number of hydrogen-bond acceptors (Lipinski definition) is 6. The van der Waals surface area contributed by atoms with Crippen molar-refractivity contribution in [1.82, 2.24) is 20.4 Å². The topological polar surface area (TPSA) is 63.4 Å². The van der Waals surface area contributed by atoms with Crippen molar-refractivity contribution in [2.75, 3.05) is 33.3 Å². The van der Waals surface area contributed by atoms with Gasteiger partial charge in [0.15, 0.2) is 0 Å².